The number of rotatable bonds is 2. The third kappa shape index (κ3) is 3.76. The third-order valence-corrected chi connectivity index (χ3v) is 3.56. The highest BCUT2D eigenvalue weighted by atomic mass is 16.5. The van der Waals surface area contributed by atoms with Gasteiger partial charge in [0.2, 0.25) is 0 Å². The van der Waals surface area contributed by atoms with Crippen molar-refractivity contribution in [3.8, 4) is 5.75 Å². The van der Waals surface area contributed by atoms with Crippen LogP contribution in [-0.4, -0.2) is 18.2 Å². The van der Waals surface area contributed by atoms with Crippen molar-refractivity contribution >= 4 is 5.97 Å². The summed E-state index contributed by atoms with van der Waals surface area (Å²) in [7, 11) is 1.32. The number of nitrogens with two attached hydrogens (primary N) is 1. The standard InChI is InChI=1S/C17H27NO3/c1-16(2,3)11-8-10(13(18)15(20)21-7)9-12(14(11)19)17(4,5)6/h8-9,13,19H,18H2,1-7H3/t13-/m0/s1. The van der Waals surface area contributed by atoms with Gasteiger partial charge in [0.15, 0.2) is 0 Å². The highest BCUT2D eigenvalue weighted by molar-refractivity contribution is 5.77. The van der Waals surface area contributed by atoms with Crippen molar-refractivity contribution in [1.82, 2.24) is 0 Å². The Labute approximate surface area is 127 Å². The Kier molecular flexibility index (Phi) is 4.73. The zero-order chi connectivity index (χ0) is 16.6. The molecular weight excluding hydrogens is 266 g/mol. The van der Waals surface area contributed by atoms with Crippen LogP contribution < -0.4 is 5.73 Å². The molecule has 0 amide bonds. The quantitative estimate of drug-likeness (QED) is 0.822. The van der Waals surface area contributed by atoms with E-state index in [0.29, 0.717) is 5.56 Å². The molecule has 1 atom stereocenters. The average molecular weight is 293 g/mol. The Morgan fingerprint density at radius 2 is 1.48 bits per heavy atom. The molecule has 0 aliphatic rings. The number of aromatic hydroxyl groups is 1. The molecule has 118 valence electrons. The number of hydrogen-bond acceptors (Lipinski definition) is 4. The van der Waals surface area contributed by atoms with Crippen molar-refractivity contribution in [2.24, 2.45) is 5.73 Å². The highest BCUT2D eigenvalue weighted by Gasteiger charge is 2.29. The van der Waals surface area contributed by atoms with Gasteiger partial charge in [-0.05, 0) is 39.7 Å². The largest absolute Gasteiger partial charge is 0.507 e. The molecule has 21 heavy (non-hydrogen) atoms. The van der Waals surface area contributed by atoms with Gasteiger partial charge in [0.25, 0.3) is 0 Å². The molecule has 1 aromatic rings. The minimum Gasteiger partial charge on any atom is -0.507 e. The van der Waals surface area contributed by atoms with Crippen molar-refractivity contribution in [2.75, 3.05) is 7.11 Å². The van der Waals surface area contributed by atoms with Gasteiger partial charge in [-0.25, -0.2) is 0 Å². The fourth-order valence-electron chi connectivity index (χ4n) is 2.24. The zero-order valence-corrected chi connectivity index (χ0v) is 14.1. The van der Waals surface area contributed by atoms with Crippen LogP contribution in [0.5, 0.6) is 5.75 Å². The van der Waals surface area contributed by atoms with Crippen LogP contribution in [0, 0.1) is 0 Å². The van der Waals surface area contributed by atoms with Gasteiger partial charge in [0.1, 0.15) is 11.8 Å². The van der Waals surface area contributed by atoms with Crippen molar-refractivity contribution in [3.05, 3.63) is 28.8 Å². The fourth-order valence-corrected chi connectivity index (χ4v) is 2.24. The predicted molar refractivity (Wildman–Crippen MR) is 84.5 cm³/mol. The summed E-state index contributed by atoms with van der Waals surface area (Å²) in [5, 5.41) is 10.6. The molecule has 1 aromatic carbocycles. The van der Waals surface area contributed by atoms with E-state index in [4.69, 9.17) is 10.5 Å². The Bertz CT molecular complexity index is 501. The molecule has 0 bridgehead atoms. The van der Waals surface area contributed by atoms with Crippen molar-refractivity contribution in [1.29, 1.82) is 0 Å². The normalized spacial score (nSPS) is 13.9. The van der Waals surface area contributed by atoms with Gasteiger partial charge < -0.3 is 15.6 Å². The summed E-state index contributed by atoms with van der Waals surface area (Å²) < 4.78 is 4.72. The molecule has 0 radical (unpaired) electrons. The number of benzene rings is 1. The summed E-state index contributed by atoms with van der Waals surface area (Å²) in [5.74, 6) is -0.212. The number of hydrogen-bond donors (Lipinski definition) is 2. The summed E-state index contributed by atoms with van der Waals surface area (Å²) >= 11 is 0. The zero-order valence-electron chi connectivity index (χ0n) is 14.1. The smallest absolute Gasteiger partial charge is 0.327 e. The molecule has 0 aliphatic heterocycles. The van der Waals surface area contributed by atoms with Crippen LogP contribution in [0.4, 0.5) is 0 Å². The first kappa shape index (κ1) is 17.5. The van der Waals surface area contributed by atoms with E-state index in [2.05, 4.69) is 0 Å². The van der Waals surface area contributed by atoms with Crippen LogP contribution in [-0.2, 0) is 20.4 Å². The maximum atomic E-state index is 11.7. The fraction of sp³-hybridized carbons (Fsp3) is 0.588. The number of methoxy groups -OCH3 is 1. The van der Waals surface area contributed by atoms with Crippen LogP contribution in [0.1, 0.15) is 64.3 Å². The van der Waals surface area contributed by atoms with E-state index in [9.17, 15) is 9.90 Å². The maximum Gasteiger partial charge on any atom is 0.327 e. The minimum absolute atomic E-state index is 0.254. The molecule has 0 fully saturated rings. The van der Waals surface area contributed by atoms with Gasteiger partial charge in [0, 0.05) is 0 Å². The van der Waals surface area contributed by atoms with E-state index in [1.54, 1.807) is 12.1 Å². The summed E-state index contributed by atoms with van der Waals surface area (Å²) in [5.41, 5.74) is 7.68. The lowest BCUT2D eigenvalue weighted by Gasteiger charge is -2.29. The first-order chi connectivity index (χ1) is 9.39. The molecule has 0 saturated heterocycles. The summed E-state index contributed by atoms with van der Waals surface area (Å²) in [6.45, 7) is 12.1. The van der Waals surface area contributed by atoms with Crippen LogP contribution in [0.2, 0.25) is 0 Å². The molecule has 1 rings (SSSR count). The third-order valence-electron chi connectivity index (χ3n) is 3.56. The van der Waals surface area contributed by atoms with E-state index >= 15 is 0 Å². The van der Waals surface area contributed by atoms with E-state index in [1.165, 1.54) is 7.11 Å². The van der Waals surface area contributed by atoms with Gasteiger partial charge in [-0.2, -0.15) is 0 Å². The van der Waals surface area contributed by atoms with E-state index in [-0.39, 0.29) is 16.6 Å². The summed E-state index contributed by atoms with van der Waals surface area (Å²) in [6, 6.07) is 2.75. The summed E-state index contributed by atoms with van der Waals surface area (Å²) in [4.78, 5) is 11.7. The molecule has 0 aliphatic carbocycles. The number of phenolic OH excluding ortho intramolecular Hbond substituents is 1. The van der Waals surface area contributed by atoms with Gasteiger partial charge in [-0.15, -0.1) is 0 Å². The lowest BCUT2D eigenvalue weighted by Crippen LogP contribution is -2.25. The van der Waals surface area contributed by atoms with Crippen LogP contribution in [0.15, 0.2) is 12.1 Å². The van der Waals surface area contributed by atoms with E-state index in [1.807, 2.05) is 41.5 Å². The number of phenols is 1. The van der Waals surface area contributed by atoms with Crippen LogP contribution in [0.3, 0.4) is 0 Å². The van der Waals surface area contributed by atoms with Crippen molar-refractivity contribution in [3.63, 3.8) is 0 Å². The molecule has 0 saturated carbocycles. The van der Waals surface area contributed by atoms with Crippen LogP contribution >= 0.6 is 0 Å². The first-order valence-electron chi connectivity index (χ1n) is 7.11. The van der Waals surface area contributed by atoms with Gasteiger partial charge in [-0.1, -0.05) is 41.5 Å². The lowest BCUT2D eigenvalue weighted by atomic mass is 9.78. The van der Waals surface area contributed by atoms with Crippen LogP contribution in [0.25, 0.3) is 0 Å². The van der Waals surface area contributed by atoms with Gasteiger partial charge in [0.05, 0.1) is 7.11 Å². The molecular formula is C17H27NO3. The first-order valence-corrected chi connectivity index (χ1v) is 7.11. The average Bonchev–Trinajstić information content (AvgIpc) is 2.34. The Morgan fingerprint density at radius 1 is 1.10 bits per heavy atom. The minimum atomic E-state index is -0.849. The second kappa shape index (κ2) is 5.68. The molecule has 3 N–H and O–H groups in total. The van der Waals surface area contributed by atoms with Gasteiger partial charge in [-0.3, -0.25) is 4.79 Å². The topological polar surface area (TPSA) is 72.5 Å². The van der Waals surface area contributed by atoms with E-state index in [0.717, 1.165) is 11.1 Å². The monoisotopic (exact) mass is 293 g/mol. The molecule has 0 heterocycles. The van der Waals surface area contributed by atoms with Crippen molar-refractivity contribution in [2.45, 2.75) is 58.4 Å². The second-order valence-corrected chi connectivity index (χ2v) is 7.47. The number of ether oxygens (including phenoxy) is 1. The van der Waals surface area contributed by atoms with Gasteiger partial charge >= 0.3 is 5.97 Å². The SMILES string of the molecule is COC(=O)[C@@H](N)c1cc(C(C)(C)C)c(O)c(C(C)(C)C)c1. The number of carbonyl (C=O) groups is 1. The maximum absolute atomic E-state index is 11.7. The van der Waals surface area contributed by atoms with E-state index < -0.39 is 12.0 Å². The predicted octanol–water partition coefficient (Wildman–Crippen LogP) is 3.16. The highest BCUT2D eigenvalue weighted by Crippen LogP contribution is 2.40. The Hall–Kier alpha value is -1.55. The molecule has 4 nitrogen and oxygen atoms in total. The lowest BCUT2D eigenvalue weighted by molar-refractivity contribution is -0.142. The number of esters is 1. The summed E-state index contributed by atoms with van der Waals surface area (Å²) in [6.07, 6.45) is 0. The number of carbonyl (C=O) groups excluding carboxylic acids is 1. The van der Waals surface area contributed by atoms with Crippen molar-refractivity contribution < 1.29 is 14.6 Å². The second-order valence-electron chi connectivity index (χ2n) is 7.47. The molecule has 0 spiro atoms. The molecule has 0 unspecified atom stereocenters. The Balaban J connectivity index is 3.59. The molecule has 0 aromatic heterocycles. The molecule has 4 heteroatoms. The Morgan fingerprint density at radius 3 is 1.76 bits per heavy atom.